The van der Waals surface area contributed by atoms with Gasteiger partial charge in [-0.1, -0.05) is 42.5 Å². The van der Waals surface area contributed by atoms with Gasteiger partial charge in [0, 0.05) is 0 Å². The van der Waals surface area contributed by atoms with Crippen LogP contribution in [0.25, 0.3) is 11.1 Å². The molecular formula is C16H19N. The normalized spacial score (nSPS) is 10.5. The Kier molecular flexibility index (Phi) is 3.60. The Morgan fingerprint density at radius 2 is 1.71 bits per heavy atom. The number of aryl methyl sites for hydroxylation is 2. The van der Waals surface area contributed by atoms with E-state index in [1.165, 1.54) is 27.8 Å². The third-order valence-electron chi connectivity index (χ3n) is 3.22. The van der Waals surface area contributed by atoms with Gasteiger partial charge in [0.1, 0.15) is 0 Å². The van der Waals surface area contributed by atoms with Gasteiger partial charge in [0.05, 0.1) is 0 Å². The Hall–Kier alpha value is -1.60. The van der Waals surface area contributed by atoms with E-state index in [0.29, 0.717) is 6.54 Å². The van der Waals surface area contributed by atoms with Gasteiger partial charge in [-0.05, 0) is 54.6 Å². The molecule has 17 heavy (non-hydrogen) atoms. The maximum absolute atomic E-state index is 5.65. The van der Waals surface area contributed by atoms with Gasteiger partial charge in [-0.15, -0.1) is 0 Å². The lowest BCUT2D eigenvalue weighted by Gasteiger charge is -2.10. The molecule has 0 aliphatic carbocycles. The van der Waals surface area contributed by atoms with E-state index >= 15 is 0 Å². The molecule has 2 rings (SSSR count). The minimum absolute atomic E-state index is 0.706. The second-order valence-electron chi connectivity index (χ2n) is 4.49. The summed E-state index contributed by atoms with van der Waals surface area (Å²) in [5.74, 6) is 0. The van der Waals surface area contributed by atoms with E-state index in [1.807, 2.05) is 0 Å². The molecule has 0 saturated carbocycles. The Morgan fingerprint density at radius 1 is 0.941 bits per heavy atom. The fourth-order valence-electron chi connectivity index (χ4n) is 2.16. The molecule has 0 fully saturated rings. The predicted molar refractivity (Wildman–Crippen MR) is 74.1 cm³/mol. The molecule has 88 valence electrons. The Balaban J connectivity index is 2.46. The van der Waals surface area contributed by atoms with Crippen molar-refractivity contribution in [2.24, 2.45) is 5.73 Å². The first kappa shape index (κ1) is 11.9. The van der Waals surface area contributed by atoms with Crippen LogP contribution in [0.15, 0.2) is 42.5 Å². The molecule has 2 aromatic carbocycles. The van der Waals surface area contributed by atoms with Crippen molar-refractivity contribution in [2.45, 2.75) is 20.3 Å². The van der Waals surface area contributed by atoms with Crippen molar-refractivity contribution in [1.29, 1.82) is 0 Å². The van der Waals surface area contributed by atoms with Crippen molar-refractivity contribution in [3.05, 3.63) is 59.2 Å². The molecule has 0 aliphatic rings. The summed E-state index contributed by atoms with van der Waals surface area (Å²) in [5.41, 5.74) is 12.2. The van der Waals surface area contributed by atoms with Gasteiger partial charge in [-0.2, -0.15) is 0 Å². The van der Waals surface area contributed by atoms with Gasteiger partial charge in [-0.25, -0.2) is 0 Å². The monoisotopic (exact) mass is 225 g/mol. The van der Waals surface area contributed by atoms with Crippen molar-refractivity contribution in [2.75, 3.05) is 6.54 Å². The number of hydrogen-bond acceptors (Lipinski definition) is 1. The van der Waals surface area contributed by atoms with Crippen molar-refractivity contribution in [3.63, 3.8) is 0 Å². The minimum Gasteiger partial charge on any atom is -0.330 e. The van der Waals surface area contributed by atoms with Crippen LogP contribution < -0.4 is 5.73 Å². The summed E-state index contributed by atoms with van der Waals surface area (Å²) in [6, 6.07) is 15.1. The van der Waals surface area contributed by atoms with Crippen LogP contribution in [0.5, 0.6) is 0 Å². The van der Waals surface area contributed by atoms with E-state index < -0.39 is 0 Å². The molecule has 0 aliphatic heterocycles. The zero-order chi connectivity index (χ0) is 12.3. The maximum Gasteiger partial charge on any atom is -0.00366 e. The van der Waals surface area contributed by atoms with Crippen molar-refractivity contribution >= 4 is 0 Å². The highest BCUT2D eigenvalue weighted by Crippen LogP contribution is 2.25. The molecular weight excluding hydrogens is 206 g/mol. The van der Waals surface area contributed by atoms with Crippen LogP contribution in [0.3, 0.4) is 0 Å². The third-order valence-corrected chi connectivity index (χ3v) is 3.22. The average molecular weight is 225 g/mol. The van der Waals surface area contributed by atoms with E-state index in [4.69, 9.17) is 5.73 Å². The first-order valence-electron chi connectivity index (χ1n) is 6.08. The lowest BCUT2D eigenvalue weighted by molar-refractivity contribution is 0.958. The maximum atomic E-state index is 5.65. The minimum atomic E-state index is 0.706. The molecule has 0 amide bonds. The van der Waals surface area contributed by atoms with Crippen LogP contribution in [0.2, 0.25) is 0 Å². The van der Waals surface area contributed by atoms with E-state index in [-0.39, 0.29) is 0 Å². The number of rotatable bonds is 3. The lowest BCUT2D eigenvalue weighted by Crippen LogP contribution is -2.04. The Labute approximate surface area is 103 Å². The summed E-state index contributed by atoms with van der Waals surface area (Å²) in [4.78, 5) is 0. The molecule has 0 saturated heterocycles. The molecule has 0 atom stereocenters. The van der Waals surface area contributed by atoms with Crippen molar-refractivity contribution in [3.8, 4) is 11.1 Å². The zero-order valence-corrected chi connectivity index (χ0v) is 10.5. The first-order chi connectivity index (χ1) is 8.22. The molecule has 2 N–H and O–H groups in total. The lowest BCUT2D eigenvalue weighted by atomic mass is 9.95. The Morgan fingerprint density at radius 3 is 2.41 bits per heavy atom. The first-order valence-corrected chi connectivity index (χ1v) is 6.08. The molecule has 0 radical (unpaired) electrons. The molecule has 1 nitrogen and oxygen atoms in total. The molecule has 0 aromatic heterocycles. The quantitative estimate of drug-likeness (QED) is 0.850. The smallest absolute Gasteiger partial charge is 0.00366 e. The fourth-order valence-corrected chi connectivity index (χ4v) is 2.16. The van der Waals surface area contributed by atoms with Crippen LogP contribution in [0.1, 0.15) is 16.7 Å². The van der Waals surface area contributed by atoms with Crippen LogP contribution in [-0.4, -0.2) is 6.54 Å². The van der Waals surface area contributed by atoms with E-state index in [0.717, 1.165) is 6.42 Å². The Bertz CT molecular complexity index is 515. The van der Waals surface area contributed by atoms with Crippen LogP contribution in [0, 0.1) is 13.8 Å². The molecule has 1 heteroatoms. The van der Waals surface area contributed by atoms with Gasteiger partial charge in [0.25, 0.3) is 0 Å². The van der Waals surface area contributed by atoms with Crippen molar-refractivity contribution in [1.82, 2.24) is 0 Å². The third kappa shape index (κ3) is 2.56. The molecule has 0 bridgehead atoms. The second-order valence-corrected chi connectivity index (χ2v) is 4.49. The zero-order valence-electron chi connectivity index (χ0n) is 10.5. The molecule has 0 spiro atoms. The summed E-state index contributed by atoms with van der Waals surface area (Å²) in [5, 5.41) is 0. The largest absolute Gasteiger partial charge is 0.330 e. The average Bonchev–Trinajstić information content (AvgIpc) is 2.33. The van der Waals surface area contributed by atoms with Crippen LogP contribution in [0.4, 0.5) is 0 Å². The second kappa shape index (κ2) is 5.15. The topological polar surface area (TPSA) is 26.0 Å². The summed E-state index contributed by atoms with van der Waals surface area (Å²) < 4.78 is 0. The van der Waals surface area contributed by atoms with Crippen LogP contribution in [-0.2, 0) is 6.42 Å². The standard InChI is InChI=1S/C16H19N/c1-12-7-8-15(11-14(12)9-10-17)16-6-4-3-5-13(16)2/h3-8,11H,9-10,17H2,1-2H3. The fraction of sp³-hybridized carbons (Fsp3) is 0.250. The van der Waals surface area contributed by atoms with Gasteiger partial charge in [-0.3, -0.25) is 0 Å². The van der Waals surface area contributed by atoms with E-state index in [1.54, 1.807) is 0 Å². The number of benzene rings is 2. The SMILES string of the molecule is Cc1ccc(-c2ccccc2C)cc1CCN. The molecule has 0 unspecified atom stereocenters. The van der Waals surface area contributed by atoms with Crippen LogP contribution >= 0.6 is 0 Å². The van der Waals surface area contributed by atoms with E-state index in [9.17, 15) is 0 Å². The summed E-state index contributed by atoms with van der Waals surface area (Å²) in [6.45, 7) is 5.00. The van der Waals surface area contributed by atoms with Gasteiger partial charge >= 0.3 is 0 Å². The van der Waals surface area contributed by atoms with Gasteiger partial charge < -0.3 is 5.73 Å². The number of nitrogens with two attached hydrogens (primary N) is 1. The highest BCUT2D eigenvalue weighted by atomic mass is 14.5. The summed E-state index contributed by atoms with van der Waals surface area (Å²) in [7, 11) is 0. The van der Waals surface area contributed by atoms with Gasteiger partial charge in [0.2, 0.25) is 0 Å². The highest BCUT2D eigenvalue weighted by molar-refractivity contribution is 5.68. The number of hydrogen-bond donors (Lipinski definition) is 1. The molecule has 2 aromatic rings. The molecule has 0 heterocycles. The summed E-state index contributed by atoms with van der Waals surface area (Å²) in [6.07, 6.45) is 0.950. The summed E-state index contributed by atoms with van der Waals surface area (Å²) >= 11 is 0. The van der Waals surface area contributed by atoms with Crippen molar-refractivity contribution < 1.29 is 0 Å². The van der Waals surface area contributed by atoms with Gasteiger partial charge in [0.15, 0.2) is 0 Å². The highest BCUT2D eigenvalue weighted by Gasteiger charge is 2.04. The van der Waals surface area contributed by atoms with E-state index in [2.05, 4.69) is 56.3 Å². The predicted octanol–water partition coefficient (Wildman–Crippen LogP) is 3.47.